The lowest BCUT2D eigenvalue weighted by Crippen LogP contribution is -1.96. The molecule has 0 amide bonds. The fraction of sp³-hybridized carbons (Fsp3) is 0.250. The van der Waals surface area contributed by atoms with Gasteiger partial charge in [-0.3, -0.25) is 0 Å². The normalized spacial score (nSPS) is 7.56. The van der Waals surface area contributed by atoms with Crippen molar-refractivity contribution in [1.82, 2.24) is 4.67 Å². The zero-order valence-electron chi connectivity index (χ0n) is 5.64. The van der Waals surface area contributed by atoms with Crippen LogP contribution < -0.4 is 4.67 Å². The first-order chi connectivity index (χ1) is 4.35. The number of rotatable bonds is 4. The monoisotopic (exact) mass is 122 g/mol. The second kappa shape index (κ2) is 5.07. The molecule has 0 aliphatic heterocycles. The van der Waals surface area contributed by atoms with Crippen molar-refractivity contribution in [2.75, 3.05) is 0 Å². The first-order valence-corrected chi connectivity index (χ1v) is 2.88. The summed E-state index contributed by atoms with van der Waals surface area (Å²) in [5.74, 6) is 0. The molecule has 0 aromatic rings. The molecule has 0 N–H and O–H groups in total. The largest absolute Gasteiger partial charge is 0.287 e. The van der Waals surface area contributed by atoms with Gasteiger partial charge in [-0.25, -0.2) is 0 Å². The predicted octanol–water partition coefficient (Wildman–Crippen LogP) is 1.35. The van der Waals surface area contributed by atoms with Crippen molar-refractivity contribution in [3.05, 3.63) is 25.3 Å². The second-order valence-corrected chi connectivity index (χ2v) is 1.71. The van der Waals surface area contributed by atoms with Crippen molar-refractivity contribution < 1.29 is 0 Å². The Morgan fingerprint density at radius 1 is 1.22 bits per heavy atom. The van der Waals surface area contributed by atoms with Gasteiger partial charge >= 0.3 is 0 Å². The third kappa shape index (κ3) is 3.51. The van der Waals surface area contributed by atoms with E-state index < -0.39 is 0 Å². The Morgan fingerprint density at radius 3 is 1.89 bits per heavy atom. The number of hydrogen-bond acceptors (Lipinski definition) is 0. The summed E-state index contributed by atoms with van der Waals surface area (Å²) in [5, 5.41) is 0. The quantitative estimate of drug-likeness (QED) is 0.303. The van der Waals surface area contributed by atoms with Gasteiger partial charge in [0, 0.05) is 0 Å². The van der Waals surface area contributed by atoms with Crippen molar-refractivity contribution in [1.29, 1.82) is 0 Å². The maximum Gasteiger partial charge on any atom is 0.287 e. The molecule has 0 fully saturated rings. The summed E-state index contributed by atoms with van der Waals surface area (Å²) in [7, 11) is 0. The Hall–Kier alpha value is -1.07. The molecule has 0 aliphatic carbocycles. The van der Waals surface area contributed by atoms with Crippen LogP contribution in [0.2, 0.25) is 0 Å². The Labute approximate surface area is 56.2 Å². The molecule has 0 radical (unpaired) electrons. The van der Waals surface area contributed by atoms with Gasteiger partial charge in [0.25, 0.3) is 12.4 Å². The van der Waals surface area contributed by atoms with Crippen LogP contribution in [-0.4, -0.2) is 12.4 Å². The third-order valence-corrected chi connectivity index (χ3v) is 0.984. The second-order valence-electron chi connectivity index (χ2n) is 1.71. The highest BCUT2D eigenvalue weighted by atomic mass is 14.5. The van der Waals surface area contributed by atoms with Crippen LogP contribution in [-0.2, 0) is 0 Å². The number of allylic oxidation sites excluding steroid dienone is 2. The molecular weight excluding hydrogens is 110 g/mol. The molecule has 48 valence electrons. The molecule has 0 aliphatic rings. The SMILES string of the molecule is C=CCC(CC=C)=[N+]=C. The van der Waals surface area contributed by atoms with Gasteiger partial charge < -0.3 is 0 Å². The first-order valence-electron chi connectivity index (χ1n) is 2.88. The summed E-state index contributed by atoms with van der Waals surface area (Å²) in [6.07, 6.45) is 5.26. The lowest BCUT2D eigenvalue weighted by molar-refractivity contribution is 1.32. The van der Waals surface area contributed by atoms with Gasteiger partial charge in [-0.05, 0) is 0 Å². The van der Waals surface area contributed by atoms with E-state index in [0.29, 0.717) is 0 Å². The molecule has 0 aromatic heterocycles. The van der Waals surface area contributed by atoms with Crippen LogP contribution in [0.3, 0.4) is 0 Å². The number of hydrogen-bond donors (Lipinski definition) is 0. The molecule has 0 atom stereocenters. The van der Waals surface area contributed by atoms with Gasteiger partial charge in [-0.15, -0.1) is 17.8 Å². The molecule has 0 bridgehead atoms. The van der Waals surface area contributed by atoms with Crippen LogP contribution in [0.25, 0.3) is 0 Å². The highest BCUT2D eigenvalue weighted by molar-refractivity contribution is 5.86. The fourth-order valence-electron chi connectivity index (χ4n) is 0.546. The summed E-state index contributed by atoms with van der Waals surface area (Å²) in [4.78, 5) is 0. The van der Waals surface area contributed by atoms with Gasteiger partial charge in [-0.1, -0.05) is 12.2 Å². The van der Waals surface area contributed by atoms with Crippen LogP contribution in [0.1, 0.15) is 12.8 Å². The molecule has 0 saturated heterocycles. The van der Waals surface area contributed by atoms with Crippen LogP contribution >= 0.6 is 0 Å². The molecule has 0 rings (SSSR count). The van der Waals surface area contributed by atoms with Crippen molar-refractivity contribution in [3.8, 4) is 0 Å². The van der Waals surface area contributed by atoms with Crippen molar-refractivity contribution in [2.45, 2.75) is 12.8 Å². The molecule has 9 heavy (non-hydrogen) atoms. The summed E-state index contributed by atoms with van der Waals surface area (Å²) in [6.45, 7) is 10.6. The zero-order valence-corrected chi connectivity index (χ0v) is 5.64. The first kappa shape index (κ1) is 7.93. The van der Waals surface area contributed by atoms with Crippen molar-refractivity contribution in [3.63, 3.8) is 0 Å². The smallest absolute Gasteiger partial charge is 0.110 e. The van der Waals surface area contributed by atoms with E-state index in [2.05, 4.69) is 24.5 Å². The van der Waals surface area contributed by atoms with E-state index in [1.807, 2.05) is 12.2 Å². The predicted molar refractivity (Wildman–Crippen MR) is 43.9 cm³/mol. The van der Waals surface area contributed by atoms with Crippen molar-refractivity contribution >= 4 is 12.4 Å². The molecule has 0 spiro atoms. The molecule has 0 saturated carbocycles. The van der Waals surface area contributed by atoms with Crippen molar-refractivity contribution in [2.24, 2.45) is 0 Å². The lowest BCUT2D eigenvalue weighted by atomic mass is 10.2. The minimum absolute atomic E-state index is 0.815. The molecule has 0 aromatic carbocycles. The van der Waals surface area contributed by atoms with E-state index in [9.17, 15) is 0 Å². The van der Waals surface area contributed by atoms with Crippen LogP contribution in [0, 0.1) is 0 Å². The minimum atomic E-state index is 0.815. The Balaban J connectivity index is 3.83. The Kier molecular flexibility index (Phi) is 4.47. The molecule has 1 nitrogen and oxygen atoms in total. The van der Waals surface area contributed by atoms with E-state index in [1.165, 1.54) is 0 Å². The highest BCUT2D eigenvalue weighted by Gasteiger charge is 2.00. The van der Waals surface area contributed by atoms with Gasteiger partial charge in [0.05, 0.1) is 12.8 Å². The van der Waals surface area contributed by atoms with E-state index >= 15 is 0 Å². The Morgan fingerprint density at radius 2 is 1.67 bits per heavy atom. The average molecular weight is 122 g/mol. The molecule has 0 unspecified atom stereocenters. The van der Waals surface area contributed by atoms with Gasteiger partial charge in [-0.2, -0.15) is 0 Å². The molecular formula is C8H12N+. The average Bonchev–Trinajstić information content (AvgIpc) is 1.88. The third-order valence-electron chi connectivity index (χ3n) is 0.984. The minimum Gasteiger partial charge on any atom is -0.110 e. The van der Waals surface area contributed by atoms with Crippen LogP contribution in [0.5, 0.6) is 0 Å². The molecule has 1 heteroatoms. The summed E-state index contributed by atoms with van der Waals surface area (Å²) < 4.78 is 3.79. The van der Waals surface area contributed by atoms with Gasteiger partial charge in [0.2, 0.25) is 0 Å². The van der Waals surface area contributed by atoms with Crippen LogP contribution in [0.4, 0.5) is 0 Å². The van der Waals surface area contributed by atoms with Gasteiger partial charge in [0.1, 0.15) is 0 Å². The Bertz CT molecular complexity index is 138. The van der Waals surface area contributed by atoms with E-state index in [-0.39, 0.29) is 0 Å². The lowest BCUT2D eigenvalue weighted by Gasteiger charge is -1.79. The number of nitrogens with zero attached hydrogens (tertiary/aromatic N) is 1. The summed E-state index contributed by atoms with van der Waals surface area (Å²) in [6, 6.07) is 0. The topological polar surface area (TPSA) is 14.1 Å². The maximum atomic E-state index is 3.79. The highest BCUT2D eigenvalue weighted by Crippen LogP contribution is 1.88. The standard InChI is InChI=1S/C8H12N/c1-4-6-8(9-3)7-5-2/h4-5H,1-3,6-7H2/q+1. The van der Waals surface area contributed by atoms with E-state index in [0.717, 1.165) is 18.6 Å². The molecule has 0 heterocycles. The summed E-state index contributed by atoms with van der Waals surface area (Å²) >= 11 is 0. The van der Waals surface area contributed by atoms with Crippen LogP contribution in [0.15, 0.2) is 25.3 Å². The summed E-state index contributed by atoms with van der Waals surface area (Å²) in [5.41, 5.74) is 1.03. The fourth-order valence-corrected chi connectivity index (χ4v) is 0.546. The maximum absolute atomic E-state index is 3.79. The van der Waals surface area contributed by atoms with E-state index in [4.69, 9.17) is 0 Å². The van der Waals surface area contributed by atoms with Gasteiger partial charge in [0.15, 0.2) is 0 Å². The zero-order chi connectivity index (χ0) is 7.11. The van der Waals surface area contributed by atoms with E-state index in [1.54, 1.807) is 0 Å².